The number of carboxylic acid groups (broad SMARTS) is 1. The molecule has 0 spiro atoms. The van der Waals surface area contributed by atoms with Crippen LogP contribution in [-0.4, -0.2) is 101 Å². The van der Waals surface area contributed by atoms with E-state index in [0.717, 1.165) is 17.6 Å². The van der Waals surface area contributed by atoms with Gasteiger partial charge in [0.15, 0.2) is 0 Å². The molecule has 1 aromatic rings. The number of carbonyl (C=O) groups is 4. The van der Waals surface area contributed by atoms with Crippen LogP contribution in [0.1, 0.15) is 79.2 Å². The maximum Gasteiger partial charge on any atom is 0.409 e. The molecule has 0 radical (unpaired) electrons. The number of hydrogen-bond donors (Lipinski definition) is 3. The predicted octanol–water partition coefficient (Wildman–Crippen LogP) is 6.22. The molecule has 2 unspecified atom stereocenters. The Bertz CT molecular complexity index is 1540. The molecule has 1 aromatic carbocycles. The third-order valence-electron chi connectivity index (χ3n) is 10.5. The van der Waals surface area contributed by atoms with Gasteiger partial charge in [-0.05, 0) is 63.5 Å². The number of epoxide rings is 1. The Balaban J connectivity index is 0.000000411. The summed E-state index contributed by atoms with van der Waals surface area (Å²) < 4.78 is 17.2. The fraction of sp³-hybridized carbons (Fsp3) is 0.632. The largest absolute Gasteiger partial charge is 0.495 e. The zero-order valence-electron chi connectivity index (χ0n) is 32.0. The number of nitrogens with one attached hydrogen (secondary N) is 1. The lowest BCUT2D eigenvalue weighted by Crippen LogP contribution is -2.57. The van der Waals surface area contributed by atoms with Crippen LogP contribution in [0.4, 0.5) is 10.5 Å². The van der Waals surface area contributed by atoms with Crippen LogP contribution in [0.15, 0.2) is 35.9 Å². The number of ether oxygens (including phenoxy) is 3. The number of carbonyl (C=O) groups excluding carboxylic acids is 3. The van der Waals surface area contributed by atoms with E-state index in [1.165, 1.54) is 18.9 Å². The van der Waals surface area contributed by atoms with Gasteiger partial charge in [0.2, 0.25) is 11.8 Å². The summed E-state index contributed by atoms with van der Waals surface area (Å²) in [6.07, 6.45) is 8.84. The highest BCUT2D eigenvalue weighted by Gasteiger charge is 2.61. The zero-order valence-corrected chi connectivity index (χ0v) is 33.6. The van der Waals surface area contributed by atoms with E-state index < -0.39 is 35.5 Å². The fourth-order valence-corrected chi connectivity index (χ4v) is 7.08. The Labute approximate surface area is 317 Å². The summed E-state index contributed by atoms with van der Waals surface area (Å²) in [6, 6.07) is 3.05. The van der Waals surface area contributed by atoms with Crippen molar-refractivity contribution in [3.8, 4) is 5.75 Å². The van der Waals surface area contributed by atoms with Crippen LogP contribution in [0.2, 0.25) is 5.02 Å². The van der Waals surface area contributed by atoms with Crippen LogP contribution in [0.5, 0.6) is 5.75 Å². The van der Waals surface area contributed by atoms with Crippen LogP contribution in [-0.2, 0) is 30.3 Å². The van der Waals surface area contributed by atoms with Crippen molar-refractivity contribution in [3.63, 3.8) is 0 Å². The lowest BCUT2D eigenvalue weighted by Gasteiger charge is -2.38. The van der Waals surface area contributed by atoms with Gasteiger partial charge in [-0.3, -0.25) is 14.9 Å². The molecule has 52 heavy (non-hydrogen) atoms. The molecule has 3 aliphatic rings. The van der Waals surface area contributed by atoms with Crippen molar-refractivity contribution < 1.29 is 43.6 Å². The average molecular weight is 766 g/mol. The first-order chi connectivity index (χ1) is 24.3. The number of nitrogens with zero attached hydrogens (tertiary/aromatic N) is 2. The molecule has 14 heteroatoms. The Morgan fingerprint density at radius 2 is 1.92 bits per heavy atom. The second kappa shape index (κ2) is 18.2. The van der Waals surface area contributed by atoms with E-state index in [-0.39, 0.29) is 49.0 Å². The second-order valence-corrected chi connectivity index (χ2v) is 16.2. The number of benzene rings is 1. The van der Waals surface area contributed by atoms with Crippen molar-refractivity contribution in [1.29, 1.82) is 0 Å². The Hall–Kier alpha value is -3.26. The van der Waals surface area contributed by atoms with Gasteiger partial charge in [0.1, 0.15) is 28.6 Å². The highest BCUT2D eigenvalue weighted by atomic mass is 35.5. The number of rotatable bonds is 7. The molecule has 0 saturated carbocycles. The fourth-order valence-electron chi connectivity index (χ4n) is 6.42. The zero-order chi connectivity index (χ0) is 39.1. The molecule has 3 amide bonds. The summed E-state index contributed by atoms with van der Waals surface area (Å²) in [5.41, 5.74) is 0.637. The molecule has 2 saturated heterocycles. The average Bonchev–Trinajstić information content (AvgIpc) is 3.80. The second-order valence-electron chi connectivity index (χ2n) is 14.5. The number of aliphatic carboxylic acids is 1. The van der Waals surface area contributed by atoms with E-state index >= 15 is 0 Å². The smallest absolute Gasteiger partial charge is 0.409 e. The van der Waals surface area contributed by atoms with E-state index in [9.17, 15) is 24.3 Å². The van der Waals surface area contributed by atoms with Crippen LogP contribution in [0.3, 0.4) is 0 Å². The van der Waals surface area contributed by atoms with Crippen molar-refractivity contribution in [2.45, 2.75) is 115 Å². The molecule has 2 fully saturated rings. The summed E-state index contributed by atoms with van der Waals surface area (Å²) in [5, 5.41) is 23.3. The van der Waals surface area contributed by atoms with E-state index in [1.54, 1.807) is 30.8 Å². The quantitative estimate of drug-likeness (QED) is 0.273. The number of allylic oxidation sites excluding steroid dienone is 3. The minimum atomic E-state index is -1.41. The minimum Gasteiger partial charge on any atom is -0.495 e. The predicted molar refractivity (Wildman–Crippen MR) is 204 cm³/mol. The SMILES string of the molecule is COc1cc2cc(c1Cl)N(C)C(=O)CC(C)[C@]1(C)O[C@H]1[C@H](C)[C@@H]1C[C@](O)(C/C=C/C=C(\C)C2)NC(=O)O1.CSC(C)CCC(=O)N(C)[C@@H](C)C(=O)O. The normalized spacial score (nSPS) is 30.5. The molecule has 0 aromatic heterocycles. The number of hydrogen-bond acceptors (Lipinski definition) is 9. The molecule has 3 N–H and O–H groups in total. The number of thioether (sulfide) groups is 1. The maximum absolute atomic E-state index is 13.4. The van der Waals surface area contributed by atoms with Gasteiger partial charge in [-0.15, -0.1) is 0 Å². The van der Waals surface area contributed by atoms with Crippen LogP contribution >= 0.6 is 23.4 Å². The van der Waals surface area contributed by atoms with Crippen LogP contribution in [0.25, 0.3) is 0 Å². The summed E-state index contributed by atoms with van der Waals surface area (Å²) >= 11 is 8.33. The lowest BCUT2D eigenvalue weighted by atomic mass is 9.81. The Morgan fingerprint density at radius 3 is 2.54 bits per heavy atom. The van der Waals surface area contributed by atoms with Gasteiger partial charge in [-0.2, -0.15) is 11.8 Å². The molecular formula is C38H56ClN3O9S. The molecule has 3 aliphatic heterocycles. The first kappa shape index (κ1) is 43.1. The number of aliphatic hydroxyl groups is 1. The summed E-state index contributed by atoms with van der Waals surface area (Å²) in [4.78, 5) is 50.8. The number of carboxylic acids is 1. The van der Waals surface area contributed by atoms with Gasteiger partial charge in [-0.1, -0.05) is 56.2 Å². The Morgan fingerprint density at radius 1 is 1.25 bits per heavy atom. The van der Waals surface area contributed by atoms with E-state index in [2.05, 4.69) is 12.2 Å². The van der Waals surface area contributed by atoms with E-state index in [1.807, 2.05) is 64.3 Å². The van der Waals surface area contributed by atoms with Crippen LogP contribution < -0.4 is 15.0 Å². The monoisotopic (exact) mass is 765 g/mol. The van der Waals surface area contributed by atoms with Crippen molar-refractivity contribution in [1.82, 2.24) is 10.2 Å². The molecule has 4 rings (SSSR count). The number of fused-ring (bicyclic) bond motifs is 5. The molecule has 290 valence electrons. The highest BCUT2D eigenvalue weighted by molar-refractivity contribution is 7.99. The van der Waals surface area contributed by atoms with Gasteiger partial charge < -0.3 is 34.2 Å². The highest BCUT2D eigenvalue weighted by Crippen LogP contribution is 2.50. The third kappa shape index (κ3) is 10.9. The number of likely N-dealkylation sites (N-methyl/N-ethyl adjacent to an activating group) is 1. The van der Waals surface area contributed by atoms with Gasteiger partial charge >= 0.3 is 12.1 Å². The number of alkyl carbamates (subject to hydrolysis) is 1. The summed E-state index contributed by atoms with van der Waals surface area (Å²) in [5.74, 6) is -0.929. The molecule has 0 aliphatic carbocycles. The van der Waals surface area contributed by atoms with E-state index in [4.69, 9.17) is 30.9 Å². The molecular weight excluding hydrogens is 710 g/mol. The van der Waals surface area contributed by atoms with Gasteiger partial charge in [0.25, 0.3) is 0 Å². The number of amides is 3. The molecule has 4 bridgehead atoms. The molecule has 12 nitrogen and oxygen atoms in total. The maximum atomic E-state index is 13.4. The molecule has 8 atom stereocenters. The number of methoxy groups -OCH3 is 1. The summed E-state index contributed by atoms with van der Waals surface area (Å²) in [7, 11) is 4.81. The minimum absolute atomic E-state index is 0.0903. The topological polar surface area (TPSA) is 158 Å². The number of anilines is 1. The van der Waals surface area contributed by atoms with Crippen molar-refractivity contribution in [2.24, 2.45) is 11.8 Å². The van der Waals surface area contributed by atoms with Crippen LogP contribution in [0, 0.1) is 11.8 Å². The van der Waals surface area contributed by atoms with Crippen molar-refractivity contribution in [3.05, 3.63) is 46.5 Å². The standard InChI is InChI=1S/C28H37ClN2O6.C10H19NO3S/c1-16-9-7-8-10-28(34)15-22(36-26(33)30-28)18(3)25-27(4,37-25)17(2)12-23(32)31(5)20-13-19(11-16)14-21(35-6)24(20)29;1-7(15-4)5-6-9(12)11(3)8(2)10(13)14/h7-9,13-14,17-18,22,25,34H,10-12,15H2,1-6H3,(H,30,33);7-8H,5-6H2,1-4H3,(H,13,14)/b8-7+,16-9+;/t17?,18-,22+,25+,27+,28-;7?,8-/m10/s1. The lowest BCUT2D eigenvalue weighted by molar-refractivity contribution is -0.148. The van der Waals surface area contributed by atoms with Gasteiger partial charge in [0.05, 0.1) is 24.5 Å². The van der Waals surface area contributed by atoms with Gasteiger partial charge in [-0.25, -0.2) is 9.59 Å². The van der Waals surface area contributed by atoms with Crippen molar-refractivity contribution >= 4 is 52.9 Å². The summed E-state index contributed by atoms with van der Waals surface area (Å²) in [6.45, 7) is 11.5. The number of halogens is 1. The molecule has 3 heterocycles. The first-order valence-corrected chi connectivity index (χ1v) is 19.3. The van der Waals surface area contributed by atoms with Gasteiger partial charge in [0, 0.05) is 50.9 Å². The first-order valence-electron chi connectivity index (χ1n) is 17.6. The Kier molecular flexibility index (Phi) is 15.1. The van der Waals surface area contributed by atoms with E-state index in [0.29, 0.717) is 34.6 Å². The third-order valence-corrected chi connectivity index (χ3v) is 12.0. The van der Waals surface area contributed by atoms with Crippen molar-refractivity contribution in [2.75, 3.05) is 32.4 Å².